The third-order valence-electron chi connectivity index (χ3n) is 3.36. The average molecular weight is 241 g/mol. The highest BCUT2D eigenvalue weighted by molar-refractivity contribution is 5.78. The van der Waals surface area contributed by atoms with Crippen LogP contribution < -0.4 is 0 Å². The smallest absolute Gasteiger partial charge is 0.308 e. The van der Waals surface area contributed by atoms with Gasteiger partial charge in [-0.15, -0.1) is 0 Å². The van der Waals surface area contributed by atoms with Crippen molar-refractivity contribution in [3.8, 4) is 0 Å². The molecule has 2 unspecified atom stereocenters. The molecular weight excluding hydrogens is 218 g/mol. The van der Waals surface area contributed by atoms with Crippen molar-refractivity contribution in [2.75, 3.05) is 13.1 Å². The molecule has 0 bridgehead atoms. The lowest BCUT2D eigenvalue weighted by atomic mass is 9.90. The first-order valence-electron chi connectivity index (χ1n) is 6.55. The number of aliphatic carboxylic acids is 1. The molecule has 1 heterocycles. The molecule has 1 saturated heterocycles. The van der Waals surface area contributed by atoms with Crippen LogP contribution in [0, 0.1) is 11.8 Å². The molecule has 4 nitrogen and oxygen atoms in total. The molecule has 1 fully saturated rings. The summed E-state index contributed by atoms with van der Waals surface area (Å²) in [5.41, 5.74) is 0. The van der Waals surface area contributed by atoms with E-state index in [9.17, 15) is 9.59 Å². The predicted octanol–water partition coefficient (Wildman–Crippen LogP) is 2.14. The fourth-order valence-corrected chi connectivity index (χ4v) is 2.42. The third-order valence-corrected chi connectivity index (χ3v) is 3.36. The SMILES string of the molecule is CCCCCC(=O)N1CC(C)CC(C(=O)O)C1. The molecule has 0 aliphatic carbocycles. The molecule has 0 aromatic rings. The third kappa shape index (κ3) is 4.36. The van der Waals surface area contributed by atoms with Crippen LogP contribution in [0.15, 0.2) is 0 Å². The lowest BCUT2D eigenvalue weighted by Crippen LogP contribution is -2.45. The normalized spacial score (nSPS) is 24.7. The number of carbonyl (C=O) groups is 2. The minimum absolute atomic E-state index is 0.122. The van der Waals surface area contributed by atoms with Gasteiger partial charge < -0.3 is 10.0 Å². The standard InChI is InChI=1S/C13H23NO3/c1-3-4-5-6-12(15)14-8-10(2)7-11(9-14)13(16)17/h10-11H,3-9H2,1-2H3,(H,16,17). The molecular formula is C13H23NO3. The predicted molar refractivity (Wildman–Crippen MR) is 65.6 cm³/mol. The largest absolute Gasteiger partial charge is 0.481 e. The summed E-state index contributed by atoms with van der Waals surface area (Å²) in [7, 11) is 0. The van der Waals surface area contributed by atoms with Crippen LogP contribution in [-0.2, 0) is 9.59 Å². The highest BCUT2D eigenvalue weighted by Crippen LogP contribution is 2.22. The molecule has 1 rings (SSSR count). The van der Waals surface area contributed by atoms with E-state index in [1.807, 2.05) is 6.92 Å². The lowest BCUT2D eigenvalue weighted by Gasteiger charge is -2.34. The second kappa shape index (κ2) is 6.62. The van der Waals surface area contributed by atoms with Gasteiger partial charge in [-0.1, -0.05) is 26.7 Å². The summed E-state index contributed by atoms with van der Waals surface area (Å²) in [5.74, 6) is -0.743. The van der Waals surface area contributed by atoms with E-state index in [4.69, 9.17) is 5.11 Å². The van der Waals surface area contributed by atoms with Crippen LogP contribution in [0.1, 0.15) is 46.0 Å². The van der Waals surface area contributed by atoms with E-state index in [1.165, 1.54) is 0 Å². The summed E-state index contributed by atoms with van der Waals surface area (Å²) in [5, 5.41) is 9.03. The number of unbranched alkanes of at least 4 members (excludes halogenated alkanes) is 2. The first-order chi connectivity index (χ1) is 8.04. The molecule has 0 radical (unpaired) electrons. The van der Waals surface area contributed by atoms with Crippen LogP contribution >= 0.6 is 0 Å². The Morgan fingerprint density at radius 3 is 2.59 bits per heavy atom. The zero-order valence-corrected chi connectivity index (χ0v) is 10.8. The highest BCUT2D eigenvalue weighted by Gasteiger charge is 2.31. The molecule has 17 heavy (non-hydrogen) atoms. The maximum absolute atomic E-state index is 11.9. The number of carboxylic acid groups (broad SMARTS) is 1. The number of nitrogens with zero attached hydrogens (tertiary/aromatic N) is 1. The summed E-state index contributed by atoms with van der Waals surface area (Å²) in [4.78, 5) is 24.6. The van der Waals surface area contributed by atoms with E-state index < -0.39 is 5.97 Å². The molecule has 0 spiro atoms. The van der Waals surface area contributed by atoms with Gasteiger partial charge in [0.15, 0.2) is 0 Å². The number of carbonyl (C=O) groups excluding carboxylic acids is 1. The van der Waals surface area contributed by atoms with E-state index in [2.05, 4.69) is 6.92 Å². The Bertz CT molecular complexity index is 278. The minimum Gasteiger partial charge on any atom is -0.481 e. The van der Waals surface area contributed by atoms with Crippen molar-refractivity contribution in [1.82, 2.24) is 4.90 Å². The molecule has 4 heteroatoms. The molecule has 0 aromatic carbocycles. The van der Waals surface area contributed by atoms with E-state index in [0.29, 0.717) is 25.3 Å². The maximum Gasteiger partial charge on any atom is 0.308 e. The number of rotatable bonds is 5. The summed E-state index contributed by atoms with van der Waals surface area (Å²) in [6, 6.07) is 0. The van der Waals surface area contributed by atoms with Gasteiger partial charge in [0.25, 0.3) is 0 Å². The molecule has 1 aliphatic heterocycles. The molecule has 1 aliphatic rings. The molecule has 0 saturated carbocycles. The van der Waals surface area contributed by atoms with Gasteiger partial charge in [0.1, 0.15) is 0 Å². The Balaban J connectivity index is 2.46. The van der Waals surface area contributed by atoms with Gasteiger partial charge in [0, 0.05) is 19.5 Å². The quantitative estimate of drug-likeness (QED) is 0.750. The zero-order valence-electron chi connectivity index (χ0n) is 10.8. The van der Waals surface area contributed by atoms with Crippen LogP contribution in [-0.4, -0.2) is 35.0 Å². The Hall–Kier alpha value is -1.06. The molecule has 2 atom stereocenters. The number of carboxylic acids is 1. The molecule has 98 valence electrons. The van der Waals surface area contributed by atoms with Gasteiger partial charge in [-0.05, 0) is 18.8 Å². The van der Waals surface area contributed by atoms with E-state index in [-0.39, 0.29) is 11.8 Å². The highest BCUT2D eigenvalue weighted by atomic mass is 16.4. The van der Waals surface area contributed by atoms with Gasteiger partial charge in [-0.2, -0.15) is 0 Å². The lowest BCUT2D eigenvalue weighted by molar-refractivity contribution is -0.146. The molecule has 0 aromatic heterocycles. The first-order valence-corrected chi connectivity index (χ1v) is 6.55. The summed E-state index contributed by atoms with van der Waals surface area (Å²) >= 11 is 0. The first kappa shape index (κ1) is 14.0. The van der Waals surface area contributed by atoms with Gasteiger partial charge >= 0.3 is 5.97 Å². The van der Waals surface area contributed by atoms with E-state index in [0.717, 1.165) is 25.8 Å². The summed E-state index contributed by atoms with van der Waals surface area (Å²) < 4.78 is 0. The van der Waals surface area contributed by atoms with Gasteiger partial charge in [0.2, 0.25) is 5.91 Å². The van der Waals surface area contributed by atoms with Crippen LogP contribution in [0.2, 0.25) is 0 Å². The second-order valence-corrected chi connectivity index (χ2v) is 5.13. The Kier molecular flexibility index (Phi) is 5.45. The van der Waals surface area contributed by atoms with Crippen molar-refractivity contribution in [3.05, 3.63) is 0 Å². The van der Waals surface area contributed by atoms with E-state index >= 15 is 0 Å². The second-order valence-electron chi connectivity index (χ2n) is 5.13. The zero-order chi connectivity index (χ0) is 12.8. The van der Waals surface area contributed by atoms with Crippen LogP contribution in [0.5, 0.6) is 0 Å². The van der Waals surface area contributed by atoms with Crippen LogP contribution in [0.25, 0.3) is 0 Å². The van der Waals surface area contributed by atoms with Crippen LogP contribution in [0.3, 0.4) is 0 Å². The van der Waals surface area contributed by atoms with Crippen molar-refractivity contribution in [1.29, 1.82) is 0 Å². The van der Waals surface area contributed by atoms with Crippen LogP contribution in [0.4, 0.5) is 0 Å². The number of amides is 1. The van der Waals surface area contributed by atoms with Crippen molar-refractivity contribution in [3.63, 3.8) is 0 Å². The van der Waals surface area contributed by atoms with Crippen molar-refractivity contribution in [2.45, 2.75) is 46.0 Å². The average Bonchev–Trinajstić information content (AvgIpc) is 2.28. The van der Waals surface area contributed by atoms with Gasteiger partial charge in [-0.3, -0.25) is 9.59 Å². The van der Waals surface area contributed by atoms with Gasteiger partial charge in [0.05, 0.1) is 5.92 Å². The fourth-order valence-electron chi connectivity index (χ4n) is 2.42. The van der Waals surface area contributed by atoms with E-state index in [1.54, 1.807) is 4.90 Å². The maximum atomic E-state index is 11.9. The number of hydrogen-bond acceptors (Lipinski definition) is 2. The topological polar surface area (TPSA) is 57.6 Å². The molecule has 1 amide bonds. The number of hydrogen-bond donors (Lipinski definition) is 1. The Morgan fingerprint density at radius 1 is 1.29 bits per heavy atom. The monoisotopic (exact) mass is 241 g/mol. The van der Waals surface area contributed by atoms with Gasteiger partial charge in [-0.25, -0.2) is 0 Å². The number of piperidine rings is 1. The Labute approximate surface area is 103 Å². The Morgan fingerprint density at radius 2 is 2.00 bits per heavy atom. The summed E-state index contributed by atoms with van der Waals surface area (Å²) in [6.07, 6.45) is 4.33. The fraction of sp³-hybridized carbons (Fsp3) is 0.846. The van der Waals surface area contributed by atoms with Crippen molar-refractivity contribution < 1.29 is 14.7 Å². The van der Waals surface area contributed by atoms with Crippen molar-refractivity contribution in [2.24, 2.45) is 11.8 Å². The summed E-state index contributed by atoms with van der Waals surface area (Å²) in [6.45, 7) is 5.23. The minimum atomic E-state index is -0.775. The number of likely N-dealkylation sites (tertiary alicyclic amines) is 1. The van der Waals surface area contributed by atoms with Crippen molar-refractivity contribution >= 4 is 11.9 Å². The molecule has 1 N–H and O–H groups in total.